The summed E-state index contributed by atoms with van der Waals surface area (Å²) in [6.07, 6.45) is 4.66. The summed E-state index contributed by atoms with van der Waals surface area (Å²) in [7, 11) is 0. The minimum Gasteiger partial charge on any atom is -0.252 e. The second-order valence-corrected chi connectivity index (χ2v) is 3.00. The van der Waals surface area contributed by atoms with Crippen LogP contribution in [-0.4, -0.2) is 11.4 Å². The van der Waals surface area contributed by atoms with Crippen LogP contribution >= 0.6 is 0 Å². The minimum absolute atomic E-state index is 0.119. The minimum atomic E-state index is 0.119. The molecule has 0 spiro atoms. The van der Waals surface area contributed by atoms with Crippen LogP contribution in [0.15, 0.2) is 0 Å². The van der Waals surface area contributed by atoms with E-state index in [1.807, 2.05) is 0 Å². The highest BCUT2D eigenvalue weighted by Crippen LogP contribution is 2.24. The van der Waals surface area contributed by atoms with Crippen molar-refractivity contribution >= 4 is 0 Å². The van der Waals surface area contributed by atoms with Gasteiger partial charge in [0.1, 0.15) is 0 Å². The molecule has 0 amide bonds. The summed E-state index contributed by atoms with van der Waals surface area (Å²) in [6.45, 7) is 2.20. The van der Waals surface area contributed by atoms with Crippen LogP contribution in [-0.2, 0) is 4.89 Å². The van der Waals surface area contributed by atoms with Gasteiger partial charge in [-0.05, 0) is 18.8 Å². The van der Waals surface area contributed by atoms with Gasteiger partial charge in [0, 0.05) is 0 Å². The third-order valence-electron chi connectivity index (χ3n) is 2.04. The van der Waals surface area contributed by atoms with Gasteiger partial charge in [-0.1, -0.05) is 19.8 Å². The van der Waals surface area contributed by atoms with Gasteiger partial charge >= 0.3 is 0 Å². The van der Waals surface area contributed by atoms with E-state index in [9.17, 15) is 0 Å². The van der Waals surface area contributed by atoms with Gasteiger partial charge in [0.15, 0.2) is 0 Å². The number of hydrogen-bond donors (Lipinski definition) is 1. The van der Waals surface area contributed by atoms with Gasteiger partial charge in [-0.3, -0.25) is 5.26 Å². The maximum atomic E-state index is 8.31. The third-order valence-corrected chi connectivity index (χ3v) is 2.04. The lowest BCUT2D eigenvalue weighted by Gasteiger charge is -2.23. The van der Waals surface area contributed by atoms with Gasteiger partial charge < -0.3 is 0 Å². The maximum Gasteiger partial charge on any atom is 0.0929 e. The molecule has 0 aromatic carbocycles. The lowest BCUT2D eigenvalue weighted by Crippen LogP contribution is -2.19. The zero-order chi connectivity index (χ0) is 6.69. The summed E-state index contributed by atoms with van der Waals surface area (Å²) in [5.41, 5.74) is 0. The van der Waals surface area contributed by atoms with Crippen LogP contribution < -0.4 is 0 Å². The van der Waals surface area contributed by atoms with Crippen LogP contribution in [0.2, 0.25) is 0 Å². The van der Waals surface area contributed by atoms with Crippen LogP contribution in [0.25, 0.3) is 0 Å². The largest absolute Gasteiger partial charge is 0.252 e. The van der Waals surface area contributed by atoms with Crippen molar-refractivity contribution in [1.29, 1.82) is 0 Å². The molecule has 1 fully saturated rings. The van der Waals surface area contributed by atoms with Gasteiger partial charge in [-0.25, -0.2) is 4.89 Å². The van der Waals surface area contributed by atoms with Gasteiger partial charge in [-0.15, -0.1) is 0 Å². The van der Waals surface area contributed by atoms with Gasteiger partial charge in [-0.2, -0.15) is 0 Å². The van der Waals surface area contributed by atoms with Crippen LogP contribution in [0, 0.1) is 5.92 Å². The molecule has 1 aliphatic carbocycles. The smallest absolute Gasteiger partial charge is 0.0929 e. The standard InChI is InChI=1S/C7H14O2/c1-6-3-2-4-7(5-6)9-8/h6-8H,2-5H2,1H3. The molecule has 0 heterocycles. The van der Waals surface area contributed by atoms with E-state index in [0.29, 0.717) is 0 Å². The third kappa shape index (κ3) is 1.95. The number of rotatable bonds is 1. The SMILES string of the molecule is CC1CCCC(OO)C1. The summed E-state index contributed by atoms with van der Waals surface area (Å²) in [4.78, 5) is 4.26. The van der Waals surface area contributed by atoms with Crippen molar-refractivity contribution in [2.75, 3.05) is 0 Å². The van der Waals surface area contributed by atoms with Crippen molar-refractivity contribution in [3.63, 3.8) is 0 Å². The lowest BCUT2D eigenvalue weighted by atomic mass is 9.89. The molecular formula is C7H14O2. The van der Waals surface area contributed by atoms with E-state index in [4.69, 9.17) is 5.26 Å². The van der Waals surface area contributed by atoms with E-state index in [1.165, 1.54) is 12.8 Å². The van der Waals surface area contributed by atoms with Crippen LogP contribution in [0.3, 0.4) is 0 Å². The fourth-order valence-corrected chi connectivity index (χ4v) is 1.47. The average molecular weight is 130 g/mol. The van der Waals surface area contributed by atoms with Crippen molar-refractivity contribution in [3.8, 4) is 0 Å². The first-order valence-corrected chi connectivity index (χ1v) is 3.63. The molecule has 2 nitrogen and oxygen atoms in total. The Morgan fingerprint density at radius 3 is 2.67 bits per heavy atom. The van der Waals surface area contributed by atoms with Gasteiger partial charge in [0.05, 0.1) is 6.10 Å². The van der Waals surface area contributed by atoms with Crippen molar-refractivity contribution in [2.24, 2.45) is 5.92 Å². The van der Waals surface area contributed by atoms with E-state index in [2.05, 4.69) is 11.8 Å². The summed E-state index contributed by atoms with van der Waals surface area (Å²) < 4.78 is 0. The van der Waals surface area contributed by atoms with Crippen molar-refractivity contribution in [1.82, 2.24) is 0 Å². The van der Waals surface area contributed by atoms with Crippen molar-refractivity contribution in [3.05, 3.63) is 0 Å². The predicted molar refractivity (Wildman–Crippen MR) is 35.1 cm³/mol. The second-order valence-electron chi connectivity index (χ2n) is 3.00. The molecule has 9 heavy (non-hydrogen) atoms. The lowest BCUT2D eigenvalue weighted by molar-refractivity contribution is -0.286. The van der Waals surface area contributed by atoms with Crippen molar-refractivity contribution in [2.45, 2.75) is 38.7 Å². The van der Waals surface area contributed by atoms with Crippen molar-refractivity contribution < 1.29 is 10.1 Å². The molecule has 54 valence electrons. The van der Waals surface area contributed by atoms with E-state index in [-0.39, 0.29) is 6.10 Å². The molecule has 0 aromatic rings. The summed E-state index contributed by atoms with van der Waals surface area (Å²) in [5.74, 6) is 0.732. The number of hydrogen-bond acceptors (Lipinski definition) is 2. The second kappa shape index (κ2) is 3.18. The van der Waals surface area contributed by atoms with Gasteiger partial charge in [0.2, 0.25) is 0 Å². The first-order chi connectivity index (χ1) is 4.33. The molecule has 0 radical (unpaired) electrons. The Balaban J connectivity index is 2.23. The molecule has 0 bridgehead atoms. The Bertz CT molecular complexity index is 83.0. The highest BCUT2D eigenvalue weighted by atomic mass is 17.1. The predicted octanol–water partition coefficient (Wildman–Crippen LogP) is 2.05. The summed E-state index contributed by atoms with van der Waals surface area (Å²) in [6, 6.07) is 0. The molecule has 2 unspecified atom stereocenters. The first kappa shape index (κ1) is 7.03. The highest BCUT2D eigenvalue weighted by Gasteiger charge is 2.18. The summed E-state index contributed by atoms with van der Waals surface area (Å²) in [5, 5.41) is 8.31. The molecule has 1 saturated carbocycles. The monoisotopic (exact) mass is 130 g/mol. The Hall–Kier alpha value is -0.0800. The highest BCUT2D eigenvalue weighted by molar-refractivity contribution is 4.68. The average Bonchev–Trinajstić information content (AvgIpc) is 1.88. The zero-order valence-corrected chi connectivity index (χ0v) is 5.84. The molecule has 0 aliphatic heterocycles. The molecule has 2 atom stereocenters. The Kier molecular flexibility index (Phi) is 2.49. The molecule has 1 N–H and O–H groups in total. The van der Waals surface area contributed by atoms with Gasteiger partial charge in [0.25, 0.3) is 0 Å². The molecule has 1 rings (SSSR count). The Labute approximate surface area is 55.8 Å². The van der Waals surface area contributed by atoms with E-state index < -0.39 is 0 Å². The molecular weight excluding hydrogens is 116 g/mol. The van der Waals surface area contributed by atoms with Crippen LogP contribution in [0.1, 0.15) is 32.6 Å². The van der Waals surface area contributed by atoms with E-state index >= 15 is 0 Å². The maximum absolute atomic E-state index is 8.31. The molecule has 2 heteroatoms. The van der Waals surface area contributed by atoms with E-state index in [0.717, 1.165) is 18.8 Å². The fourth-order valence-electron chi connectivity index (χ4n) is 1.47. The fraction of sp³-hybridized carbons (Fsp3) is 1.00. The molecule has 1 aliphatic rings. The zero-order valence-electron chi connectivity index (χ0n) is 5.84. The van der Waals surface area contributed by atoms with Crippen LogP contribution in [0.5, 0.6) is 0 Å². The van der Waals surface area contributed by atoms with Crippen LogP contribution in [0.4, 0.5) is 0 Å². The molecule has 0 aromatic heterocycles. The molecule has 0 saturated heterocycles. The van der Waals surface area contributed by atoms with E-state index in [1.54, 1.807) is 0 Å². The first-order valence-electron chi connectivity index (χ1n) is 3.63. The Morgan fingerprint density at radius 1 is 1.44 bits per heavy atom. The quantitative estimate of drug-likeness (QED) is 0.435. The normalized spacial score (nSPS) is 36.7. The Morgan fingerprint density at radius 2 is 2.22 bits per heavy atom. The topological polar surface area (TPSA) is 29.5 Å². The summed E-state index contributed by atoms with van der Waals surface area (Å²) >= 11 is 0.